The molecule has 1 aromatic rings. The summed E-state index contributed by atoms with van der Waals surface area (Å²) in [5.74, 6) is -1.31. The number of ether oxygens (including phenoxy) is 3. The Labute approximate surface area is 282 Å². The van der Waals surface area contributed by atoms with Gasteiger partial charge in [-0.2, -0.15) is 0 Å². The number of aromatic nitrogens is 1. The summed E-state index contributed by atoms with van der Waals surface area (Å²) >= 11 is 1.73. The molecule has 0 aromatic carbocycles. The molecule has 0 N–H and O–H groups in total. The molecule has 3 rings (SSSR count). The van der Waals surface area contributed by atoms with Crippen molar-refractivity contribution in [3.8, 4) is 0 Å². The predicted octanol–water partition coefficient (Wildman–Crippen LogP) is 7.19. The normalized spacial score (nSPS) is 21.6. The van der Waals surface area contributed by atoms with Gasteiger partial charge in [-0.1, -0.05) is 86.7 Å². The van der Waals surface area contributed by atoms with Gasteiger partial charge >= 0.3 is 23.9 Å². The van der Waals surface area contributed by atoms with E-state index >= 15 is 0 Å². The minimum absolute atomic E-state index is 0.133. The molecule has 250 valence electrons. The van der Waals surface area contributed by atoms with E-state index in [2.05, 4.69) is 6.92 Å². The standard InChI is InChI=1S/C34H52IN3O7/c1-4-5-6-7-8-9-10-11-12-13-14-15-16-19-31(39)43-25-29-20-21-30(45-29)37-23-27(2)32(40)38(35,34(37)42)26-44-33(41)28-18-17-22-36(3)24-28/h17-18,22-24,29-30H,4-16,19-21,25-26H2,1-3H3/q+2/t29-,30+,38?/m0/s1. The molecule has 3 amide bonds. The lowest BCUT2D eigenvalue weighted by Crippen LogP contribution is -2.60. The molecule has 10 nitrogen and oxygen atoms in total. The Balaban J connectivity index is 1.33. The van der Waals surface area contributed by atoms with Crippen LogP contribution in [0.3, 0.4) is 0 Å². The van der Waals surface area contributed by atoms with Crippen molar-refractivity contribution in [3.05, 3.63) is 41.9 Å². The van der Waals surface area contributed by atoms with Crippen LogP contribution in [0.15, 0.2) is 36.3 Å². The average Bonchev–Trinajstić information content (AvgIpc) is 3.51. The van der Waals surface area contributed by atoms with Gasteiger partial charge in [0.1, 0.15) is 25.4 Å². The second-order valence-corrected chi connectivity index (χ2v) is 14.0. The van der Waals surface area contributed by atoms with Crippen LogP contribution >= 0.6 is 22.9 Å². The van der Waals surface area contributed by atoms with Crippen molar-refractivity contribution in [2.24, 2.45) is 7.05 Å². The van der Waals surface area contributed by atoms with E-state index in [0.717, 1.165) is 19.3 Å². The van der Waals surface area contributed by atoms with Crippen molar-refractivity contribution >= 4 is 46.7 Å². The van der Waals surface area contributed by atoms with Gasteiger partial charge in [0.2, 0.25) is 6.73 Å². The zero-order chi connectivity index (χ0) is 32.7. The smallest absolute Gasteiger partial charge is 0.443 e. The van der Waals surface area contributed by atoms with E-state index in [4.69, 9.17) is 14.2 Å². The van der Waals surface area contributed by atoms with Crippen molar-refractivity contribution in [2.45, 2.75) is 129 Å². The summed E-state index contributed by atoms with van der Waals surface area (Å²) in [6.45, 7) is 3.55. The number of quaternary nitrogens is 1. The third-order valence-electron chi connectivity index (χ3n) is 8.38. The number of carbonyl (C=O) groups excluding carboxylic acids is 4. The number of hydrogen-bond donors (Lipinski definition) is 0. The van der Waals surface area contributed by atoms with Crippen molar-refractivity contribution < 1.29 is 40.7 Å². The molecule has 0 radical (unpaired) electrons. The zero-order valence-corrected chi connectivity index (χ0v) is 29.5. The number of urea groups is 1. The minimum atomic E-state index is -0.774. The monoisotopic (exact) mass is 741 g/mol. The van der Waals surface area contributed by atoms with Crippen molar-refractivity contribution in [1.82, 2.24) is 4.90 Å². The number of halogens is 1. The number of nitrogens with zero attached hydrogens (tertiary/aromatic N) is 3. The number of unbranched alkanes of at least 4 members (excludes halogenated alkanes) is 12. The van der Waals surface area contributed by atoms with Crippen molar-refractivity contribution in [1.29, 1.82) is 0 Å². The maximum absolute atomic E-state index is 13.5. The Bertz CT molecular complexity index is 1180. The molecule has 1 fully saturated rings. The maximum atomic E-state index is 13.5. The number of carbonyl (C=O) groups is 4. The van der Waals surface area contributed by atoms with Crippen LogP contribution in [0.5, 0.6) is 0 Å². The molecule has 0 saturated carbocycles. The lowest BCUT2D eigenvalue weighted by molar-refractivity contribution is -0.671. The number of aryl methyl sites for hydroxylation is 1. The summed E-state index contributed by atoms with van der Waals surface area (Å²) in [5, 5.41) is 0. The highest BCUT2D eigenvalue weighted by Gasteiger charge is 2.54. The lowest BCUT2D eigenvalue weighted by Gasteiger charge is -2.35. The molecule has 0 spiro atoms. The van der Waals surface area contributed by atoms with Gasteiger partial charge in [0.15, 0.2) is 12.4 Å². The van der Waals surface area contributed by atoms with Gasteiger partial charge in [0, 0.05) is 18.7 Å². The van der Waals surface area contributed by atoms with Crippen LogP contribution in [0.25, 0.3) is 0 Å². The fourth-order valence-electron chi connectivity index (χ4n) is 5.69. The minimum Gasteiger partial charge on any atom is -0.463 e. The van der Waals surface area contributed by atoms with Crippen LogP contribution in [0, 0.1) is 0 Å². The first kappa shape index (κ1) is 37.1. The number of hydrogen-bond acceptors (Lipinski definition) is 7. The van der Waals surface area contributed by atoms with Crippen LogP contribution in [-0.2, 0) is 30.8 Å². The second kappa shape index (κ2) is 19.3. The van der Waals surface area contributed by atoms with Gasteiger partial charge in [0.25, 0.3) is 22.9 Å². The molecular formula is C34H52IN3O7+2. The van der Waals surface area contributed by atoms with Crippen molar-refractivity contribution in [2.75, 3.05) is 13.3 Å². The molecule has 3 atom stereocenters. The summed E-state index contributed by atoms with van der Waals surface area (Å²) < 4.78 is 17.9. The fraction of sp³-hybridized carbons (Fsp3) is 0.676. The molecule has 1 unspecified atom stereocenters. The third kappa shape index (κ3) is 11.7. The summed E-state index contributed by atoms with van der Waals surface area (Å²) in [4.78, 5) is 52.9. The van der Waals surface area contributed by atoms with Crippen LogP contribution in [0.4, 0.5) is 4.79 Å². The number of pyridine rings is 1. The Morgan fingerprint density at radius 2 is 1.60 bits per heavy atom. The highest BCUT2D eigenvalue weighted by atomic mass is 127. The molecule has 45 heavy (non-hydrogen) atoms. The summed E-state index contributed by atoms with van der Waals surface area (Å²) in [6.07, 6.45) is 21.8. The average molecular weight is 742 g/mol. The SMILES string of the molecule is CCCCCCCCCCCCCCCC(=O)OC[C@@H]1CC[C@H](N2C=C(C)C(=O)[N+](I)(COC(=O)c3ccc[n+](C)c3)C2=O)O1. The van der Waals surface area contributed by atoms with Gasteiger partial charge in [-0.25, -0.2) is 23.9 Å². The molecule has 3 heterocycles. The largest absolute Gasteiger partial charge is 0.463 e. The summed E-state index contributed by atoms with van der Waals surface area (Å²) in [5.41, 5.74) is 0.664. The molecule has 11 heteroatoms. The first-order valence-electron chi connectivity index (χ1n) is 16.7. The second-order valence-electron chi connectivity index (χ2n) is 12.3. The molecule has 1 saturated heterocycles. The van der Waals surface area contributed by atoms with Crippen LogP contribution in [-0.4, -0.2) is 57.1 Å². The Morgan fingerprint density at radius 3 is 2.22 bits per heavy atom. The lowest BCUT2D eigenvalue weighted by atomic mass is 10.0. The number of imide groups is 1. The van der Waals surface area contributed by atoms with E-state index in [0.29, 0.717) is 30.4 Å². The Morgan fingerprint density at radius 1 is 0.978 bits per heavy atom. The molecule has 2 aliphatic rings. The maximum Gasteiger partial charge on any atom is 0.443 e. The fourth-order valence-corrected chi connectivity index (χ4v) is 6.46. The highest BCUT2D eigenvalue weighted by Crippen LogP contribution is 2.34. The van der Waals surface area contributed by atoms with E-state index in [-0.39, 0.29) is 18.7 Å². The quantitative estimate of drug-likeness (QED) is 0.0459. The molecule has 2 aliphatic heterocycles. The molecule has 0 aliphatic carbocycles. The summed E-state index contributed by atoms with van der Waals surface area (Å²) in [7, 11) is 1.78. The molecule has 0 bridgehead atoms. The van der Waals surface area contributed by atoms with E-state index in [1.54, 1.807) is 65.9 Å². The van der Waals surface area contributed by atoms with Gasteiger partial charge in [0.05, 0.1) is 11.7 Å². The first-order chi connectivity index (χ1) is 21.7. The number of esters is 2. The van der Waals surface area contributed by atoms with Crippen LogP contribution < -0.4 is 4.57 Å². The van der Waals surface area contributed by atoms with Gasteiger partial charge < -0.3 is 14.2 Å². The predicted molar refractivity (Wildman–Crippen MR) is 177 cm³/mol. The van der Waals surface area contributed by atoms with E-state index in [1.807, 2.05) is 0 Å². The highest BCUT2D eigenvalue weighted by molar-refractivity contribution is 14.1. The van der Waals surface area contributed by atoms with Gasteiger partial charge in [-0.05, 0) is 32.3 Å². The topological polar surface area (TPSA) is 103 Å². The number of rotatable bonds is 20. The van der Waals surface area contributed by atoms with E-state index < -0.39 is 33.6 Å². The van der Waals surface area contributed by atoms with E-state index in [1.165, 1.54) is 75.3 Å². The van der Waals surface area contributed by atoms with Gasteiger partial charge in [-0.3, -0.25) is 4.79 Å². The van der Waals surface area contributed by atoms with Gasteiger partial charge in [-0.15, -0.1) is 0 Å². The Hall–Kier alpha value is -2.38. The van der Waals surface area contributed by atoms with Crippen LogP contribution in [0.1, 0.15) is 127 Å². The first-order valence-corrected chi connectivity index (χ1v) is 17.7. The van der Waals surface area contributed by atoms with Crippen molar-refractivity contribution in [3.63, 3.8) is 0 Å². The molecule has 1 aromatic heterocycles. The molecular weight excluding hydrogens is 689 g/mol. The van der Waals surface area contributed by atoms with E-state index in [9.17, 15) is 19.2 Å². The van der Waals surface area contributed by atoms with Crippen LogP contribution in [0.2, 0.25) is 0 Å². The number of amides is 3. The zero-order valence-electron chi connectivity index (χ0n) is 27.3. The third-order valence-corrected chi connectivity index (χ3v) is 9.50. The summed E-state index contributed by atoms with van der Waals surface area (Å²) in [6, 6.07) is 2.76. The Kier molecular flexibility index (Phi) is 15.9.